The molecule has 0 aromatic carbocycles. The summed E-state index contributed by atoms with van der Waals surface area (Å²) in [7, 11) is 0. The fourth-order valence-corrected chi connectivity index (χ4v) is 1.88. The lowest BCUT2D eigenvalue weighted by molar-refractivity contribution is -0.137. The van der Waals surface area contributed by atoms with Crippen LogP contribution in [-0.4, -0.2) is 11.1 Å². The molecule has 0 rings (SSSR count). The summed E-state index contributed by atoms with van der Waals surface area (Å²) < 4.78 is 0. The third kappa shape index (κ3) is 10.0. The lowest BCUT2D eigenvalue weighted by Gasteiger charge is -2.10. The first-order chi connectivity index (χ1) is 7.56. The predicted molar refractivity (Wildman–Crippen MR) is 68.6 cm³/mol. The molecule has 2 atom stereocenters. The van der Waals surface area contributed by atoms with Crippen molar-refractivity contribution in [2.24, 2.45) is 11.8 Å². The molecule has 0 aliphatic carbocycles. The maximum atomic E-state index is 10.4. The summed E-state index contributed by atoms with van der Waals surface area (Å²) in [6.07, 6.45) is 8.89. The minimum Gasteiger partial charge on any atom is -0.481 e. The van der Waals surface area contributed by atoms with Crippen LogP contribution in [0, 0.1) is 11.8 Å². The van der Waals surface area contributed by atoms with Crippen molar-refractivity contribution in [1.82, 2.24) is 0 Å². The number of hydrogen-bond donors (Lipinski definition) is 1. The number of carboxylic acids is 1. The summed E-state index contributed by atoms with van der Waals surface area (Å²) in [5.41, 5.74) is 0. The standard InChI is InChI=1S/C14H28O2/c1-4-12(2)8-6-5-7-9-13(3)10-11-14(15)16/h12-13H,4-11H2,1-3H3,(H,15,16)/t12-,13-/m1/s1. The maximum Gasteiger partial charge on any atom is 0.303 e. The van der Waals surface area contributed by atoms with Gasteiger partial charge in [0.1, 0.15) is 0 Å². The van der Waals surface area contributed by atoms with Crippen molar-refractivity contribution in [3.63, 3.8) is 0 Å². The first kappa shape index (κ1) is 15.5. The first-order valence-electron chi connectivity index (χ1n) is 6.78. The lowest BCUT2D eigenvalue weighted by Crippen LogP contribution is -2.01. The Balaban J connectivity index is 3.27. The van der Waals surface area contributed by atoms with Crippen molar-refractivity contribution >= 4 is 5.97 Å². The van der Waals surface area contributed by atoms with Crippen LogP contribution in [0.25, 0.3) is 0 Å². The fraction of sp³-hybridized carbons (Fsp3) is 0.929. The van der Waals surface area contributed by atoms with E-state index in [1.807, 2.05) is 0 Å². The van der Waals surface area contributed by atoms with Gasteiger partial charge in [0.2, 0.25) is 0 Å². The summed E-state index contributed by atoms with van der Waals surface area (Å²) in [5, 5.41) is 8.56. The average molecular weight is 228 g/mol. The third-order valence-electron chi connectivity index (χ3n) is 3.44. The number of unbranched alkanes of at least 4 members (excludes halogenated alkanes) is 2. The van der Waals surface area contributed by atoms with Crippen LogP contribution in [0.3, 0.4) is 0 Å². The number of aliphatic carboxylic acids is 1. The van der Waals surface area contributed by atoms with Crippen LogP contribution in [0.4, 0.5) is 0 Å². The van der Waals surface area contributed by atoms with E-state index >= 15 is 0 Å². The second-order valence-electron chi connectivity index (χ2n) is 5.19. The van der Waals surface area contributed by atoms with E-state index < -0.39 is 5.97 Å². The van der Waals surface area contributed by atoms with E-state index in [1.54, 1.807) is 0 Å². The number of rotatable bonds is 10. The highest BCUT2D eigenvalue weighted by Crippen LogP contribution is 2.17. The zero-order valence-electron chi connectivity index (χ0n) is 11.2. The maximum absolute atomic E-state index is 10.4. The largest absolute Gasteiger partial charge is 0.481 e. The number of carboxylic acid groups (broad SMARTS) is 1. The molecular formula is C14H28O2. The van der Waals surface area contributed by atoms with Gasteiger partial charge >= 0.3 is 5.97 Å². The normalized spacial score (nSPS) is 14.7. The van der Waals surface area contributed by atoms with Gasteiger partial charge in [0.15, 0.2) is 0 Å². The van der Waals surface area contributed by atoms with Crippen LogP contribution < -0.4 is 0 Å². The molecule has 0 aliphatic rings. The molecule has 16 heavy (non-hydrogen) atoms. The van der Waals surface area contributed by atoms with Crippen LogP contribution >= 0.6 is 0 Å². The second kappa shape index (κ2) is 9.68. The Morgan fingerprint density at radius 3 is 2.06 bits per heavy atom. The van der Waals surface area contributed by atoms with Crippen LogP contribution in [0.15, 0.2) is 0 Å². The van der Waals surface area contributed by atoms with Gasteiger partial charge in [-0.3, -0.25) is 4.79 Å². The highest BCUT2D eigenvalue weighted by molar-refractivity contribution is 5.66. The van der Waals surface area contributed by atoms with E-state index in [0.717, 1.165) is 12.3 Å². The van der Waals surface area contributed by atoms with Gasteiger partial charge in [-0.1, -0.05) is 59.3 Å². The Labute approximate surface area is 100 Å². The molecule has 0 amide bonds. The van der Waals surface area contributed by atoms with E-state index in [9.17, 15) is 4.79 Å². The van der Waals surface area contributed by atoms with E-state index in [2.05, 4.69) is 20.8 Å². The molecule has 0 saturated heterocycles. The van der Waals surface area contributed by atoms with E-state index in [-0.39, 0.29) is 0 Å². The Hall–Kier alpha value is -0.530. The second-order valence-corrected chi connectivity index (χ2v) is 5.19. The van der Waals surface area contributed by atoms with Crippen LogP contribution in [0.2, 0.25) is 0 Å². The lowest BCUT2D eigenvalue weighted by atomic mass is 9.96. The smallest absolute Gasteiger partial charge is 0.303 e. The van der Waals surface area contributed by atoms with E-state index in [1.165, 1.54) is 38.5 Å². The molecule has 0 heterocycles. The molecule has 0 aliphatic heterocycles. The van der Waals surface area contributed by atoms with Gasteiger partial charge in [-0.05, 0) is 18.3 Å². The van der Waals surface area contributed by atoms with Crippen molar-refractivity contribution < 1.29 is 9.90 Å². The zero-order valence-corrected chi connectivity index (χ0v) is 11.2. The van der Waals surface area contributed by atoms with Gasteiger partial charge < -0.3 is 5.11 Å². The molecule has 0 aromatic heterocycles. The van der Waals surface area contributed by atoms with Gasteiger partial charge in [-0.15, -0.1) is 0 Å². The van der Waals surface area contributed by atoms with E-state index in [0.29, 0.717) is 12.3 Å². The Kier molecular flexibility index (Phi) is 9.36. The van der Waals surface area contributed by atoms with Crippen LogP contribution in [0.1, 0.15) is 72.1 Å². The van der Waals surface area contributed by atoms with Gasteiger partial charge in [0.05, 0.1) is 0 Å². The van der Waals surface area contributed by atoms with Gasteiger partial charge in [-0.25, -0.2) is 0 Å². The first-order valence-corrected chi connectivity index (χ1v) is 6.78. The molecule has 2 nitrogen and oxygen atoms in total. The highest BCUT2D eigenvalue weighted by atomic mass is 16.4. The van der Waals surface area contributed by atoms with Gasteiger partial charge in [-0.2, -0.15) is 0 Å². The summed E-state index contributed by atoms with van der Waals surface area (Å²) in [6, 6.07) is 0. The molecule has 1 N–H and O–H groups in total. The molecule has 96 valence electrons. The van der Waals surface area contributed by atoms with Crippen molar-refractivity contribution in [2.45, 2.75) is 72.1 Å². The minimum atomic E-state index is -0.663. The third-order valence-corrected chi connectivity index (χ3v) is 3.44. The highest BCUT2D eigenvalue weighted by Gasteiger charge is 2.05. The Morgan fingerprint density at radius 1 is 1.00 bits per heavy atom. The van der Waals surface area contributed by atoms with Crippen LogP contribution in [-0.2, 0) is 4.79 Å². The summed E-state index contributed by atoms with van der Waals surface area (Å²) in [4.78, 5) is 10.4. The fourth-order valence-electron chi connectivity index (χ4n) is 1.88. The van der Waals surface area contributed by atoms with Gasteiger partial charge in [0, 0.05) is 6.42 Å². The molecule has 0 bridgehead atoms. The molecule has 2 heteroatoms. The topological polar surface area (TPSA) is 37.3 Å². The van der Waals surface area contributed by atoms with Crippen molar-refractivity contribution in [3.05, 3.63) is 0 Å². The molecule has 0 spiro atoms. The minimum absolute atomic E-state index is 0.327. The summed E-state index contributed by atoms with van der Waals surface area (Å²) in [6.45, 7) is 6.73. The van der Waals surface area contributed by atoms with Crippen molar-refractivity contribution in [2.75, 3.05) is 0 Å². The summed E-state index contributed by atoms with van der Waals surface area (Å²) >= 11 is 0. The summed E-state index contributed by atoms with van der Waals surface area (Å²) in [5.74, 6) is 0.771. The number of carbonyl (C=O) groups is 1. The molecule has 0 aromatic rings. The van der Waals surface area contributed by atoms with Gasteiger partial charge in [0.25, 0.3) is 0 Å². The molecular weight excluding hydrogens is 200 g/mol. The Bertz CT molecular complexity index is 178. The van der Waals surface area contributed by atoms with E-state index in [4.69, 9.17) is 5.11 Å². The monoisotopic (exact) mass is 228 g/mol. The molecule has 0 radical (unpaired) electrons. The Morgan fingerprint density at radius 2 is 1.56 bits per heavy atom. The molecule has 0 fully saturated rings. The quantitative estimate of drug-likeness (QED) is 0.560. The SMILES string of the molecule is CC[C@@H](C)CCCCC[C@@H](C)CCC(=O)O. The van der Waals surface area contributed by atoms with Crippen molar-refractivity contribution in [3.8, 4) is 0 Å². The predicted octanol–water partition coefficient (Wildman–Crippen LogP) is 4.48. The van der Waals surface area contributed by atoms with Crippen LogP contribution in [0.5, 0.6) is 0 Å². The average Bonchev–Trinajstić information content (AvgIpc) is 2.25. The van der Waals surface area contributed by atoms with Crippen molar-refractivity contribution in [1.29, 1.82) is 0 Å². The number of hydrogen-bond acceptors (Lipinski definition) is 1. The zero-order chi connectivity index (χ0) is 12.4. The molecule has 0 saturated carbocycles. The molecule has 0 unspecified atom stereocenters.